The van der Waals surface area contributed by atoms with Crippen molar-refractivity contribution >= 4 is 17.7 Å². The molecule has 4 nitrogen and oxygen atoms in total. The zero-order valence-corrected chi connectivity index (χ0v) is 14.0. The summed E-state index contributed by atoms with van der Waals surface area (Å²) in [5.74, 6) is 1.88. The molecular weight excluding hydrogens is 298 g/mol. The Morgan fingerprint density at radius 1 is 1.36 bits per heavy atom. The summed E-state index contributed by atoms with van der Waals surface area (Å²) in [4.78, 5) is 14.6. The lowest BCUT2D eigenvalue weighted by Crippen LogP contribution is -2.32. The fraction of sp³-hybridized carbons (Fsp3) is 0.588. The van der Waals surface area contributed by atoms with Crippen LogP contribution in [-0.4, -0.2) is 42.1 Å². The van der Waals surface area contributed by atoms with E-state index < -0.39 is 0 Å². The number of rotatable bonds is 4. The third kappa shape index (κ3) is 3.19. The smallest absolute Gasteiger partial charge is 0.224 e. The van der Waals surface area contributed by atoms with Crippen molar-refractivity contribution in [2.75, 3.05) is 26.0 Å². The summed E-state index contributed by atoms with van der Waals surface area (Å²) in [5, 5.41) is 0.369. The van der Waals surface area contributed by atoms with E-state index in [1.165, 1.54) is 0 Å². The van der Waals surface area contributed by atoms with Crippen molar-refractivity contribution in [3.05, 3.63) is 23.8 Å². The molecule has 2 unspecified atom stereocenters. The van der Waals surface area contributed by atoms with Crippen LogP contribution in [0.15, 0.2) is 18.2 Å². The molecule has 0 saturated carbocycles. The summed E-state index contributed by atoms with van der Waals surface area (Å²) in [5.41, 5.74) is 1.16. The number of likely N-dealkylation sites (tertiary alicyclic amines) is 1. The summed E-state index contributed by atoms with van der Waals surface area (Å²) in [6, 6.07) is 6.26. The fourth-order valence-corrected chi connectivity index (χ4v) is 3.43. The molecule has 0 bridgehead atoms. The third-order valence-corrected chi connectivity index (χ3v) is 5.36. The highest BCUT2D eigenvalue weighted by atomic mass is 32.2. The molecule has 2 atom stereocenters. The van der Waals surface area contributed by atoms with Gasteiger partial charge in [0.25, 0.3) is 0 Å². The number of carbonyl (C=O) groups is 1. The molecule has 2 heterocycles. The van der Waals surface area contributed by atoms with E-state index in [9.17, 15) is 4.79 Å². The SMILES string of the molecule is CSC(C)CC(=O)N1CCCC1c1ccc2c(c1)OCCO2. The Morgan fingerprint density at radius 2 is 2.14 bits per heavy atom. The molecule has 1 aromatic carbocycles. The van der Waals surface area contributed by atoms with Crippen molar-refractivity contribution < 1.29 is 14.3 Å². The Bertz CT molecular complexity index is 549. The van der Waals surface area contributed by atoms with Gasteiger partial charge in [-0.15, -0.1) is 0 Å². The van der Waals surface area contributed by atoms with Gasteiger partial charge in [0.05, 0.1) is 6.04 Å². The van der Waals surface area contributed by atoms with E-state index in [0.717, 1.165) is 36.4 Å². The second-order valence-corrected chi connectivity index (χ2v) is 7.17. The number of amides is 1. The van der Waals surface area contributed by atoms with E-state index in [1.54, 1.807) is 11.8 Å². The van der Waals surface area contributed by atoms with Gasteiger partial charge in [0.15, 0.2) is 11.5 Å². The number of nitrogens with zero attached hydrogens (tertiary/aromatic N) is 1. The molecule has 22 heavy (non-hydrogen) atoms. The van der Waals surface area contributed by atoms with E-state index in [-0.39, 0.29) is 11.9 Å². The van der Waals surface area contributed by atoms with Crippen LogP contribution < -0.4 is 9.47 Å². The van der Waals surface area contributed by atoms with Crippen LogP contribution in [0.25, 0.3) is 0 Å². The molecule has 0 N–H and O–H groups in total. The monoisotopic (exact) mass is 321 g/mol. The number of thioether (sulfide) groups is 1. The van der Waals surface area contributed by atoms with E-state index in [4.69, 9.17) is 9.47 Å². The topological polar surface area (TPSA) is 38.8 Å². The molecule has 120 valence electrons. The summed E-state index contributed by atoms with van der Waals surface area (Å²) >= 11 is 1.74. The number of carbonyl (C=O) groups excluding carboxylic acids is 1. The summed E-state index contributed by atoms with van der Waals surface area (Å²) in [6.45, 7) is 4.17. The number of benzene rings is 1. The van der Waals surface area contributed by atoms with Gasteiger partial charge in [-0.1, -0.05) is 13.0 Å². The van der Waals surface area contributed by atoms with Gasteiger partial charge in [-0.3, -0.25) is 4.79 Å². The fourth-order valence-electron chi connectivity index (χ4n) is 3.13. The Balaban J connectivity index is 1.76. The van der Waals surface area contributed by atoms with Crippen LogP contribution in [0.5, 0.6) is 11.5 Å². The zero-order valence-electron chi connectivity index (χ0n) is 13.2. The number of ether oxygens (including phenoxy) is 2. The van der Waals surface area contributed by atoms with E-state index in [1.807, 2.05) is 17.0 Å². The van der Waals surface area contributed by atoms with E-state index >= 15 is 0 Å². The highest BCUT2D eigenvalue weighted by Gasteiger charge is 2.31. The molecule has 5 heteroatoms. The zero-order chi connectivity index (χ0) is 15.5. The van der Waals surface area contributed by atoms with Crippen LogP contribution >= 0.6 is 11.8 Å². The first kappa shape index (κ1) is 15.5. The normalized spacial score (nSPS) is 21.7. The van der Waals surface area contributed by atoms with Crippen molar-refractivity contribution in [1.82, 2.24) is 4.90 Å². The molecule has 0 aromatic heterocycles. The minimum atomic E-state index is 0.178. The van der Waals surface area contributed by atoms with Crippen LogP contribution in [0.3, 0.4) is 0 Å². The maximum absolute atomic E-state index is 12.5. The van der Waals surface area contributed by atoms with Crippen LogP contribution in [0.4, 0.5) is 0 Å². The molecule has 1 aromatic rings. The van der Waals surface area contributed by atoms with Gasteiger partial charge in [0.2, 0.25) is 5.91 Å². The molecule has 1 amide bonds. The first-order valence-electron chi connectivity index (χ1n) is 7.91. The molecule has 1 fully saturated rings. The summed E-state index contributed by atoms with van der Waals surface area (Å²) < 4.78 is 11.2. The molecule has 2 aliphatic rings. The van der Waals surface area contributed by atoms with Gasteiger partial charge in [-0.25, -0.2) is 0 Å². The Kier molecular flexibility index (Phi) is 4.81. The first-order valence-corrected chi connectivity index (χ1v) is 9.19. The second-order valence-electron chi connectivity index (χ2n) is 5.90. The van der Waals surface area contributed by atoms with Crippen LogP contribution in [0.2, 0.25) is 0 Å². The van der Waals surface area contributed by atoms with Gasteiger partial charge in [0, 0.05) is 18.2 Å². The Morgan fingerprint density at radius 3 is 2.91 bits per heavy atom. The van der Waals surface area contributed by atoms with Crippen molar-refractivity contribution in [2.24, 2.45) is 0 Å². The maximum atomic E-state index is 12.5. The predicted octanol–water partition coefficient (Wildman–Crippen LogP) is 3.26. The van der Waals surface area contributed by atoms with E-state index in [2.05, 4.69) is 19.2 Å². The van der Waals surface area contributed by atoms with Gasteiger partial charge < -0.3 is 14.4 Å². The quantitative estimate of drug-likeness (QED) is 0.853. The van der Waals surface area contributed by atoms with Crippen molar-refractivity contribution in [2.45, 2.75) is 37.5 Å². The number of hydrogen-bond donors (Lipinski definition) is 0. The van der Waals surface area contributed by atoms with Crippen molar-refractivity contribution in [1.29, 1.82) is 0 Å². The summed E-state index contributed by atoms with van der Waals surface area (Å²) in [7, 11) is 0. The van der Waals surface area contributed by atoms with Gasteiger partial charge in [0.1, 0.15) is 13.2 Å². The molecular formula is C17H23NO3S. The predicted molar refractivity (Wildman–Crippen MR) is 88.7 cm³/mol. The minimum absolute atomic E-state index is 0.178. The summed E-state index contributed by atoms with van der Waals surface area (Å²) in [6.07, 6.45) is 4.76. The molecule has 3 rings (SSSR count). The second kappa shape index (κ2) is 6.82. The highest BCUT2D eigenvalue weighted by Crippen LogP contribution is 2.38. The van der Waals surface area contributed by atoms with Gasteiger partial charge >= 0.3 is 0 Å². The third-order valence-electron chi connectivity index (χ3n) is 4.39. The average Bonchev–Trinajstić information content (AvgIpc) is 3.04. The highest BCUT2D eigenvalue weighted by molar-refractivity contribution is 7.99. The molecule has 1 saturated heterocycles. The Hall–Kier alpha value is -1.36. The molecule has 2 aliphatic heterocycles. The number of hydrogen-bond acceptors (Lipinski definition) is 4. The average molecular weight is 321 g/mol. The Labute approximate surface area is 136 Å². The van der Waals surface area contributed by atoms with Crippen LogP contribution in [0, 0.1) is 0 Å². The lowest BCUT2D eigenvalue weighted by atomic mass is 10.0. The molecule has 0 aliphatic carbocycles. The molecule has 0 spiro atoms. The minimum Gasteiger partial charge on any atom is -0.486 e. The largest absolute Gasteiger partial charge is 0.486 e. The lowest BCUT2D eigenvalue weighted by molar-refractivity contribution is -0.132. The standard InChI is InChI=1S/C17H23NO3S/c1-12(22-2)10-17(19)18-7-3-4-14(18)13-5-6-15-16(11-13)21-9-8-20-15/h5-6,11-12,14H,3-4,7-10H2,1-2H3. The first-order chi connectivity index (χ1) is 10.7. The van der Waals surface area contributed by atoms with E-state index in [0.29, 0.717) is 24.9 Å². The van der Waals surface area contributed by atoms with Crippen LogP contribution in [0.1, 0.15) is 37.8 Å². The number of fused-ring (bicyclic) bond motifs is 1. The van der Waals surface area contributed by atoms with Crippen molar-refractivity contribution in [3.8, 4) is 11.5 Å². The lowest BCUT2D eigenvalue weighted by Gasteiger charge is -2.27. The van der Waals surface area contributed by atoms with Gasteiger partial charge in [-0.05, 0) is 36.8 Å². The molecule has 0 radical (unpaired) electrons. The van der Waals surface area contributed by atoms with Gasteiger partial charge in [-0.2, -0.15) is 11.8 Å². The maximum Gasteiger partial charge on any atom is 0.224 e. The van der Waals surface area contributed by atoms with Crippen LogP contribution in [-0.2, 0) is 4.79 Å². The van der Waals surface area contributed by atoms with Crippen molar-refractivity contribution in [3.63, 3.8) is 0 Å².